The van der Waals surface area contributed by atoms with Crippen LogP contribution in [0.2, 0.25) is 0 Å². The van der Waals surface area contributed by atoms with Crippen LogP contribution < -0.4 is 5.73 Å². The van der Waals surface area contributed by atoms with E-state index in [1.54, 1.807) is 0 Å². The summed E-state index contributed by atoms with van der Waals surface area (Å²) >= 11 is 0. The molecule has 29 heavy (non-hydrogen) atoms. The molecule has 0 rings (SSSR count). The van der Waals surface area contributed by atoms with E-state index in [9.17, 15) is 9.59 Å². The molecule has 0 aromatic rings. The Hall–Kier alpha value is -1.26. The Kier molecular flexibility index (Phi) is 14.0. The molecule has 1 atom stereocenters. The van der Waals surface area contributed by atoms with Crippen molar-refractivity contribution in [2.75, 3.05) is 52.9 Å². The summed E-state index contributed by atoms with van der Waals surface area (Å²) in [6.45, 7) is 13.5. The van der Waals surface area contributed by atoms with Gasteiger partial charge >= 0.3 is 11.9 Å². The molecule has 0 spiro atoms. The molecule has 0 bridgehead atoms. The Bertz CT molecular complexity index is 456. The van der Waals surface area contributed by atoms with Crippen LogP contribution in [0.25, 0.3) is 0 Å². The SMILES string of the molecule is CC(C)(C)OC[C@H](N)C(=O)OCCOCCOCCOCCC(=O)OC(C)(C)C. The lowest BCUT2D eigenvalue weighted by molar-refractivity contribution is -0.156. The van der Waals surface area contributed by atoms with Crippen molar-refractivity contribution in [1.82, 2.24) is 0 Å². The molecule has 0 heterocycles. The van der Waals surface area contributed by atoms with Gasteiger partial charge in [0.25, 0.3) is 0 Å². The van der Waals surface area contributed by atoms with E-state index in [1.807, 2.05) is 41.5 Å². The fourth-order valence-corrected chi connectivity index (χ4v) is 1.81. The maximum absolute atomic E-state index is 11.7. The molecule has 2 N–H and O–H groups in total. The van der Waals surface area contributed by atoms with Crippen LogP contribution in [0.5, 0.6) is 0 Å². The molecule has 0 saturated heterocycles. The molecule has 9 nitrogen and oxygen atoms in total. The number of ether oxygens (including phenoxy) is 6. The molecule has 172 valence electrons. The van der Waals surface area contributed by atoms with Crippen molar-refractivity contribution in [3.05, 3.63) is 0 Å². The fraction of sp³-hybridized carbons (Fsp3) is 0.900. The first-order valence-electron chi connectivity index (χ1n) is 9.92. The number of carbonyl (C=O) groups is 2. The van der Waals surface area contributed by atoms with E-state index in [1.165, 1.54) is 0 Å². The second-order valence-corrected chi connectivity index (χ2v) is 8.37. The van der Waals surface area contributed by atoms with Crippen LogP contribution in [0.1, 0.15) is 48.0 Å². The first kappa shape index (κ1) is 27.7. The molecule has 0 aliphatic carbocycles. The Morgan fingerprint density at radius 2 is 1.24 bits per heavy atom. The molecule has 0 aromatic carbocycles. The Balaban J connectivity index is 3.43. The topological polar surface area (TPSA) is 116 Å². The van der Waals surface area contributed by atoms with Crippen LogP contribution in [-0.2, 0) is 38.0 Å². The highest BCUT2D eigenvalue weighted by molar-refractivity contribution is 5.75. The van der Waals surface area contributed by atoms with E-state index in [4.69, 9.17) is 34.2 Å². The van der Waals surface area contributed by atoms with Crippen molar-refractivity contribution in [1.29, 1.82) is 0 Å². The molecule has 0 radical (unpaired) electrons. The summed E-state index contributed by atoms with van der Waals surface area (Å²) in [5, 5.41) is 0. The smallest absolute Gasteiger partial charge is 0.325 e. The van der Waals surface area contributed by atoms with Crippen molar-refractivity contribution in [3.63, 3.8) is 0 Å². The summed E-state index contributed by atoms with van der Waals surface area (Å²) in [6, 6.07) is -0.812. The highest BCUT2D eigenvalue weighted by Gasteiger charge is 2.19. The van der Waals surface area contributed by atoms with Crippen molar-refractivity contribution < 1.29 is 38.0 Å². The Morgan fingerprint density at radius 3 is 1.72 bits per heavy atom. The zero-order valence-electron chi connectivity index (χ0n) is 18.8. The van der Waals surface area contributed by atoms with Crippen molar-refractivity contribution >= 4 is 11.9 Å². The van der Waals surface area contributed by atoms with Gasteiger partial charge in [-0.3, -0.25) is 9.59 Å². The van der Waals surface area contributed by atoms with Crippen molar-refractivity contribution in [2.24, 2.45) is 5.73 Å². The molecular formula is C20H39NO8. The molecule has 0 amide bonds. The van der Waals surface area contributed by atoms with E-state index in [2.05, 4.69) is 0 Å². The molecule has 0 aliphatic rings. The Labute approximate surface area is 174 Å². The van der Waals surface area contributed by atoms with Crippen LogP contribution >= 0.6 is 0 Å². The third-order valence-electron chi connectivity index (χ3n) is 3.09. The number of hydrogen-bond acceptors (Lipinski definition) is 9. The molecule has 0 fully saturated rings. The van der Waals surface area contributed by atoms with Gasteiger partial charge < -0.3 is 34.2 Å². The predicted molar refractivity (Wildman–Crippen MR) is 108 cm³/mol. The lowest BCUT2D eigenvalue weighted by atomic mass is 10.2. The minimum Gasteiger partial charge on any atom is -0.462 e. The zero-order valence-corrected chi connectivity index (χ0v) is 18.8. The van der Waals surface area contributed by atoms with Crippen molar-refractivity contribution in [3.8, 4) is 0 Å². The second-order valence-electron chi connectivity index (χ2n) is 8.37. The third-order valence-corrected chi connectivity index (χ3v) is 3.09. The minimum atomic E-state index is -0.812. The molecule has 0 aromatic heterocycles. The van der Waals surface area contributed by atoms with E-state index in [-0.39, 0.29) is 37.8 Å². The molecule has 0 unspecified atom stereocenters. The van der Waals surface area contributed by atoms with Gasteiger partial charge in [0.15, 0.2) is 0 Å². The standard InChI is InChI=1S/C20H39NO8/c1-19(2,3)28-15-16(21)18(23)27-14-13-26-12-11-25-10-9-24-8-7-17(22)29-20(4,5)6/h16H,7-15,21H2,1-6H3/t16-/m0/s1. The van der Waals surface area contributed by atoms with Crippen LogP contribution in [0.3, 0.4) is 0 Å². The average molecular weight is 422 g/mol. The van der Waals surface area contributed by atoms with Crippen molar-refractivity contribution in [2.45, 2.75) is 65.2 Å². The normalized spacial score (nSPS) is 13.2. The monoisotopic (exact) mass is 421 g/mol. The quantitative estimate of drug-likeness (QED) is 0.310. The van der Waals surface area contributed by atoms with Gasteiger partial charge in [-0.2, -0.15) is 0 Å². The predicted octanol–water partition coefficient (Wildman–Crippen LogP) is 1.45. The van der Waals surface area contributed by atoms with E-state index in [0.29, 0.717) is 33.0 Å². The van der Waals surface area contributed by atoms with Crippen LogP contribution in [-0.4, -0.2) is 82.0 Å². The number of nitrogens with two attached hydrogens (primary N) is 1. The van der Waals surface area contributed by atoms with E-state index < -0.39 is 17.6 Å². The fourth-order valence-electron chi connectivity index (χ4n) is 1.81. The molecule has 0 saturated carbocycles. The highest BCUT2D eigenvalue weighted by atomic mass is 16.6. The summed E-state index contributed by atoms with van der Waals surface area (Å²) in [4.78, 5) is 23.2. The minimum absolute atomic E-state index is 0.108. The van der Waals surface area contributed by atoms with Gasteiger partial charge in [-0.15, -0.1) is 0 Å². The lowest BCUT2D eigenvalue weighted by Gasteiger charge is -2.21. The van der Waals surface area contributed by atoms with Gasteiger partial charge in [0.1, 0.15) is 18.2 Å². The largest absolute Gasteiger partial charge is 0.462 e. The molecule has 9 heteroatoms. The van der Waals surface area contributed by atoms with E-state index in [0.717, 1.165) is 0 Å². The van der Waals surface area contributed by atoms with Crippen LogP contribution in [0.4, 0.5) is 0 Å². The summed E-state index contributed by atoms with van der Waals surface area (Å²) in [5.41, 5.74) is 4.86. The molecule has 0 aliphatic heterocycles. The zero-order chi connectivity index (χ0) is 22.3. The number of carbonyl (C=O) groups excluding carboxylic acids is 2. The number of esters is 2. The number of hydrogen-bond donors (Lipinski definition) is 1. The van der Waals surface area contributed by atoms with Gasteiger partial charge in [-0.05, 0) is 41.5 Å². The average Bonchev–Trinajstić information content (AvgIpc) is 2.58. The summed E-state index contributed by atoms with van der Waals surface area (Å²) in [7, 11) is 0. The summed E-state index contributed by atoms with van der Waals surface area (Å²) in [5.74, 6) is -0.798. The molecular weight excluding hydrogens is 382 g/mol. The van der Waals surface area contributed by atoms with Crippen LogP contribution in [0, 0.1) is 0 Å². The first-order chi connectivity index (χ1) is 13.4. The number of rotatable bonds is 15. The summed E-state index contributed by atoms with van der Waals surface area (Å²) in [6.07, 6.45) is 0.213. The van der Waals surface area contributed by atoms with Gasteiger partial charge in [-0.1, -0.05) is 0 Å². The maximum Gasteiger partial charge on any atom is 0.325 e. The van der Waals surface area contributed by atoms with Gasteiger partial charge in [0.05, 0.1) is 58.3 Å². The first-order valence-corrected chi connectivity index (χ1v) is 9.92. The second kappa shape index (κ2) is 14.7. The lowest BCUT2D eigenvalue weighted by Crippen LogP contribution is -2.39. The van der Waals surface area contributed by atoms with E-state index >= 15 is 0 Å². The summed E-state index contributed by atoms with van der Waals surface area (Å²) < 4.78 is 31.6. The highest BCUT2D eigenvalue weighted by Crippen LogP contribution is 2.08. The van der Waals surface area contributed by atoms with Gasteiger partial charge in [-0.25, -0.2) is 0 Å². The maximum atomic E-state index is 11.7. The van der Waals surface area contributed by atoms with Crippen LogP contribution in [0.15, 0.2) is 0 Å². The van der Waals surface area contributed by atoms with Gasteiger partial charge in [0, 0.05) is 0 Å². The third kappa shape index (κ3) is 19.8. The van der Waals surface area contributed by atoms with Gasteiger partial charge in [0.2, 0.25) is 0 Å². The Morgan fingerprint density at radius 1 is 0.759 bits per heavy atom.